The average Bonchev–Trinajstić information content (AvgIpc) is 2.29. The summed E-state index contributed by atoms with van der Waals surface area (Å²) >= 11 is 3.51. The molecule has 2 aromatic carbocycles. The van der Waals surface area contributed by atoms with E-state index < -0.39 is 0 Å². The van der Waals surface area contributed by atoms with Crippen LogP contribution in [0.5, 0.6) is 0 Å². The molecular weight excluding hydrogens is 264 g/mol. The fraction of sp³-hybridized carbons (Fsp3) is 0.214. The highest BCUT2D eigenvalue weighted by Gasteiger charge is 2.14. The summed E-state index contributed by atoms with van der Waals surface area (Å²) in [7, 11) is 0. The molecule has 0 atom stereocenters. The second kappa shape index (κ2) is 4.38. The molecule has 16 heavy (non-hydrogen) atoms. The molecule has 2 rings (SSSR count). The van der Waals surface area contributed by atoms with Crippen LogP contribution in [0.25, 0.3) is 10.8 Å². The fourth-order valence-corrected chi connectivity index (χ4v) is 2.27. The van der Waals surface area contributed by atoms with Gasteiger partial charge in [0.05, 0.1) is 0 Å². The first-order chi connectivity index (χ1) is 7.61. The van der Waals surface area contributed by atoms with Gasteiger partial charge in [0.25, 0.3) is 0 Å². The Morgan fingerprint density at radius 1 is 1.06 bits per heavy atom. The van der Waals surface area contributed by atoms with Gasteiger partial charge < -0.3 is 0 Å². The Balaban J connectivity index is 2.72. The van der Waals surface area contributed by atoms with Crippen molar-refractivity contribution in [3.05, 3.63) is 46.4 Å². The third-order valence-corrected chi connectivity index (χ3v) is 3.35. The summed E-state index contributed by atoms with van der Waals surface area (Å²) in [4.78, 5) is 12.1. The predicted octanol–water partition coefficient (Wildman–Crippen LogP) is 4.44. The highest BCUT2D eigenvalue weighted by molar-refractivity contribution is 9.10. The van der Waals surface area contributed by atoms with Crippen LogP contribution in [-0.4, -0.2) is 5.78 Å². The maximum atomic E-state index is 12.1. The summed E-state index contributed by atoms with van der Waals surface area (Å²) in [6, 6.07) is 11.8. The van der Waals surface area contributed by atoms with E-state index in [9.17, 15) is 4.79 Å². The molecule has 0 fully saturated rings. The van der Waals surface area contributed by atoms with Crippen LogP contribution >= 0.6 is 15.9 Å². The molecule has 0 bridgehead atoms. The molecule has 2 aromatic rings. The summed E-state index contributed by atoms with van der Waals surface area (Å²) in [6.45, 7) is 3.86. The van der Waals surface area contributed by atoms with Crippen LogP contribution in [0.3, 0.4) is 0 Å². The predicted molar refractivity (Wildman–Crippen MR) is 70.8 cm³/mol. The molecule has 0 unspecified atom stereocenters. The number of fused-ring (bicyclic) bond motifs is 1. The molecule has 0 spiro atoms. The van der Waals surface area contributed by atoms with E-state index in [1.54, 1.807) is 0 Å². The SMILES string of the molecule is CC(C)C(=O)c1ccc(Br)c2ccccc12. The van der Waals surface area contributed by atoms with Gasteiger partial charge in [0.2, 0.25) is 0 Å². The lowest BCUT2D eigenvalue weighted by atomic mass is 9.96. The zero-order chi connectivity index (χ0) is 11.7. The molecule has 0 aliphatic rings. The zero-order valence-corrected chi connectivity index (χ0v) is 10.9. The van der Waals surface area contributed by atoms with Crippen LogP contribution in [0.15, 0.2) is 40.9 Å². The molecule has 0 radical (unpaired) electrons. The highest BCUT2D eigenvalue weighted by atomic mass is 79.9. The standard InChI is InChI=1S/C14H13BrO/c1-9(2)14(16)12-7-8-13(15)11-6-4-3-5-10(11)12/h3-9H,1-2H3. The van der Waals surface area contributed by atoms with Crippen LogP contribution in [0.1, 0.15) is 24.2 Å². The Labute approximate surface area is 104 Å². The maximum Gasteiger partial charge on any atom is 0.166 e. The van der Waals surface area contributed by atoms with Crippen molar-refractivity contribution < 1.29 is 4.79 Å². The molecule has 2 heteroatoms. The van der Waals surface area contributed by atoms with Crippen LogP contribution in [0.2, 0.25) is 0 Å². The van der Waals surface area contributed by atoms with Gasteiger partial charge in [-0.3, -0.25) is 4.79 Å². The Morgan fingerprint density at radius 2 is 1.69 bits per heavy atom. The van der Waals surface area contributed by atoms with Crippen molar-refractivity contribution in [2.75, 3.05) is 0 Å². The minimum Gasteiger partial charge on any atom is -0.294 e. The first kappa shape index (κ1) is 11.3. The number of rotatable bonds is 2. The molecule has 0 amide bonds. The van der Waals surface area contributed by atoms with E-state index in [2.05, 4.69) is 15.9 Å². The average molecular weight is 277 g/mol. The second-order valence-corrected chi connectivity index (χ2v) is 5.01. The van der Waals surface area contributed by atoms with Crippen LogP contribution in [-0.2, 0) is 0 Å². The topological polar surface area (TPSA) is 17.1 Å². The lowest BCUT2D eigenvalue weighted by Crippen LogP contribution is -2.07. The van der Waals surface area contributed by atoms with Crippen molar-refractivity contribution >= 4 is 32.5 Å². The first-order valence-corrected chi connectivity index (χ1v) is 6.12. The maximum absolute atomic E-state index is 12.1. The van der Waals surface area contributed by atoms with E-state index in [0.29, 0.717) is 0 Å². The Kier molecular flexibility index (Phi) is 3.10. The molecule has 0 aromatic heterocycles. The van der Waals surface area contributed by atoms with Crippen molar-refractivity contribution in [1.82, 2.24) is 0 Å². The third-order valence-electron chi connectivity index (χ3n) is 2.66. The lowest BCUT2D eigenvalue weighted by molar-refractivity contribution is 0.0941. The van der Waals surface area contributed by atoms with Gasteiger partial charge in [-0.1, -0.05) is 54.0 Å². The van der Waals surface area contributed by atoms with Gasteiger partial charge in [-0.2, -0.15) is 0 Å². The van der Waals surface area contributed by atoms with Crippen molar-refractivity contribution in [1.29, 1.82) is 0 Å². The number of Topliss-reactive ketones (excluding diaryl/α,β-unsaturated/α-hetero) is 1. The number of ketones is 1. The molecule has 0 aliphatic carbocycles. The monoisotopic (exact) mass is 276 g/mol. The van der Waals surface area contributed by atoms with E-state index >= 15 is 0 Å². The number of hydrogen-bond donors (Lipinski definition) is 0. The normalized spacial score (nSPS) is 11.0. The lowest BCUT2D eigenvalue weighted by Gasteiger charge is -2.09. The van der Waals surface area contributed by atoms with Crippen molar-refractivity contribution in [3.63, 3.8) is 0 Å². The Hall–Kier alpha value is -1.15. The number of carbonyl (C=O) groups excluding carboxylic acids is 1. The molecule has 0 aliphatic heterocycles. The van der Waals surface area contributed by atoms with Crippen molar-refractivity contribution in [2.45, 2.75) is 13.8 Å². The summed E-state index contributed by atoms with van der Waals surface area (Å²) in [5, 5.41) is 2.12. The molecule has 1 nitrogen and oxygen atoms in total. The Morgan fingerprint density at radius 3 is 2.31 bits per heavy atom. The van der Waals surface area contributed by atoms with Gasteiger partial charge in [-0.15, -0.1) is 0 Å². The van der Waals surface area contributed by atoms with Gasteiger partial charge in [-0.25, -0.2) is 0 Å². The van der Waals surface area contributed by atoms with Crippen LogP contribution < -0.4 is 0 Å². The number of benzene rings is 2. The van der Waals surface area contributed by atoms with Gasteiger partial charge in [0.1, 0.15) is 0 Å². The van der Waals surface area contributed by atoms with Crippen molar-refractivity contribution in [2.24, 2.45) is 5.92 Å². The van der Waals surface area contributed by atoms with Gasteiger partial charge in [0.15, 0.2) is 5.78 Å². The molecule has 0 N–H and O–H groups in total. The second-order valence-electron chi connectivity index (χ2n) is 4.16. The van der Waals surface area contributed by atoms with E-state index in [-0.39, 0.29) is 11.7 Å². The summed E-state index contributed by atoms with van der Waals surface area (Å²) < 4.78 is 1.03. The minimum absolute atomic E-state index is 0.0320. The molecule has 82 valence electrons. The van der Waals surface area contributed by atoms with Crippen molar-refractivity contribution in [3.8, 4) is 0 Å². The van der Waals surface area contributed by atoms with E-state index in [1.807, 2.05) is 50.2 Å². The smallest absolute Gasteiger partial charge is 0.166 e. The van der Waals surface area contributed by atoms with Crippen LogP contribution in [0, 0.1) is 5.92 Å². The van der Waals surface area contributed by atoms with Gasteiger partial charge in [0, 0.05) is 16.0 Å². The minimum atomic E-state index is 0.0320. The molecular formula is C14H13BrO. The number of carbonyl (C=O) groups is 1. The van der Waals surface area contributed by atoms with E-state index in [1.165, 1.54) is 0 Å². The Bertz CT molecular complexity index is 543. The summed E-state index contributed by atoms with van der Waals surface area (Å²) in [5.74, 6) is 0.230. The van der Waals surface area contributed by atoms with Gasteiger partial charge >= 0.3 is 0 Å². The quantitative estimate of drug-likeness (QED) is 0.741. The van der Waals surface area contributed by atoms with E-state index in [0.717, 1.165) is 20.8 Å². The third kappa shape index (κ3) is 1.90. The zero-order valence-electron chi connectivity index (χ0n) is 9.33. The van der Waals surface area contributed by atoms with E-state index in [4.69, 9.17) is 0 Å². The molecule has 0 heterocycles. The summed E-state index contributed by atoms with van der Waals surface area (Å²) in [6.07, 6.45) is 0. The van der Waals surface area contributed by atoms with Crippen LogP contribution in [0.4, 0.5) is 0 Å². The number of halogens is 1. The fourth-order valence-electron chi connectivity index (χ4n) is 1.79. The largest absolute Gasteiger partial charge is 0.294 e. The van der Waals surface area contributed by atoms with Gasteiger partial charge in [-0.05, 0) is 22.9 Å². The molecule has 0 saturated heterocycles. The molecule has 0 saturated carbocycles. The first-order valence-electron chi connectivity index (χ1n) is 5.32. The summed E-state index contributed by atoms with van der Waals surface area (Å²) in [5.41, 5.74) is 0.814. The number of hydrogen-bond acceptors (Lipinski definition) is 1. The highest BCUT2D eigenvalue weighted by Crippen LogP contribution is 2.28.